The Kier molecular flexibility index (Phi) is 6.80. The number of fused-ring (bicyclic) bond motifs is 6. The Bertz CT molecular complexity index is 3290. The second-order valence-electron chi connectivity index (χ2n) is 14.8. The highest BCUT2D eigenvalue weighted by atomic mass is 16.3. The summed E-state index contributed by atoms with van der Waals surface area (Å²) in [7, 11) is 0. The van der Waals surface area contributed by atoms with E-state index in [1.54, 1.807) is 0 Å². The maximum atomic E-state index is 6.73. The first kappa shape index (κ1) is 31.6. The van der Waals surface area contributed by atoms with Crippen LogP contribution in [0.2, 0.25) is 0 Å². The third-order valence-corrected chi connectivity index (χ3v) is 11.8. The van der Waals surface area contributed by atoms with Gasteiger partial charge < -0.3 is 13.3 Å². The fourth-order valence-electron chi connectivity index (χ4n) is 9.37. The summed E-state index contributed by atoms with van der Waals surface area (Å²) in [5, 5.41) is 6.46. The Morgan fingerprint density at radius 1 is 0.491 bits per heavy atom. The maximum Gasteiger partial charge on any atom is 0.144 e. The van der Waals surface area contributed by atoms with Crippen LogP contribution in [0.4, 0.5) is 0 Å². The number of aliphatic imine (C=N–C) groups is 1. The first-order chi connectivity index (χ1) is 27.0. The zero-order valence-corrected chi connectivity index (χ0v) is 30.7. The molecule has 0 radical (unpaired) electrons. The first-order valence-corrected chi connectivity index (χ1v) is 18.9. The molecule has 4 nitrogen and oxygen atoms in total. The Morgan fingerprint density at radius 3 is 1.91 bits per heavy atom. The van der Waals surface area contributed by atoms with Crippen molar-refractivity contribution in [3.05, 3.63) is 191 Å². The van der Waals surface area contributed by atoms with E-state index >= 15 is 0 Å². The molecule has 0 bridgehead atoms. The van der Waals surface area contributed by atoms with Crippen LogP contribution in [-0.2, 0) is 5.41 Å². The zero-order chi connectivity index (χ0) is 36.8. The highest BCUT2D eigenvalue weighted by Crippen LogP contribution is 2.50. The number of rotatable bonds is 3. The molecule has 4 heteroatoms. The number of nitrogens with zero attached hydrogens (tertiary/aromatic N) is 1. The molecule has 0 saturated carbocycles. The standard InChI is InChI=1S/C51H35NO3/c1-30-28-31(2)49(39-20-11-19-38-36-16-7-10-23-43(36)55-50(38)39)52-32(3)51(33-14-5-4-6-15-33,34-26-27-44-40(29-34)37-17-8-9-22-42(37)53-44)41-21-13-25-46-48(41)47-35(30)18-12-24-45(47)54-46/h4-27,29,32H,1-3H3. The van der Waals surface area contributed by atoms with E-state index in [1.165, 1.54) is 0 Å². The summed E-state index contributed by atoms with van der Waals surface area (Å²) < 4.78 is 19.8. The van der Waals surface area contributed by atoms with Crippen LogP contribution in [0.1, 0.15) is 48.6 Å². The second kappa shape index (κ2) is 11.8. The molecular formula is C51H35NO3. The van der Waals surface area contributed by atoms with Crippen LogP contribution in [0.25, 0.3) is 71.4 Å². The SMILES string of the molecule is CC1=C=C(C)c2cccc3oc4cccc(c4c23)C(c2ccccc2)(c2ccc3oc4ccccc4c3c2)C(C)N=C1c1cccc2c1oc1ccccc12. The van der Waals surface area contributed by atoms with Crippen molar-refractivity contribution in [2.75, 3.05) is 0 Å². The lowest BCUT2D eigenvalue weighted by molar-refractivity contribution is 0.512. The van der Waals surface area contributed by atoms with Crippen LogP contribution < -0.4 is 0 Å². The molecule has 2 unspecified atom stereocenters. The summed E-state index contributed by atoms with van der Waals surface area (Å²) in [5.74, 6) is 0. The molecule has 55 heavy (non-hydrogen) atoms. The molecule has 0 spiro atoms. The fourth-order valence-corrected chi connectivity index (χ4v) is 9.37. The molecule has 262 valence electrons. The number of hydrogen-bond acceptors (Lipinski definition) is 4. The number of allylic oxidation sites excluding steroid dienone is 1. The van der Waals surface area contributed by atoms with E-state index in [9.17, 15) is 0 Å². The van der Waals surface area contributed by atoms with Crippen molar-refractivity contribution in [2.24, 2.45) is 4.99 Å². The number of hydrogen-bond donors (Lipinski definition) is 0. The highest BCUT2D eigenvalue weighted by Gasteiger charge is 2.44. The molecule has 7 aromatic carbocycles. The summed E-state index contributed by atoms with van der Waals surface area (Å²) in [6.45, 7) is 6.52. The van der Waals surface area contributed by atoms with Gasteiger partial charge in [-0.25, -0.2) is 0 Å². The number of benzene rings is 7. The number of furan rings is 3. The van der Waals surface area contributed by atoms with E-state index < -0.39 is 5.41 Å². The average Bonchev–Trinajstić information content (AvgIpc) is 3.91. The lowest BCUT2D eigenvalue weighted by atomic mass is 9.64. The third-order valence-electron chi connectivity index (χ3n) is 11.8. The van der Waals surface area contributed by atoms with E-state index in [-0.39, 0.29) is 6.04 Å². The topological polar surface area (TPSA) is 51.8 Å². The van der Waals surface area contributed by atoms with Gasteiger partial charge in [-0.3, -0.25) is 4.99 Å². The predicted octanol–water partition coefficient (Wildman–Crippen LogP) is 13.6. The maximum absolute atomic E-state index is 6.73. The Hall–Kier alpha value is -6.87. The molecule has 0 amide bonds. The minimum absolute atomic E-state index is 0.349. The summed E-state index contributed by atoms with van der Waals surface area (Å²) >= 11 is 0. The molecule has 1 aliphatic heterocycles. The van der Waals surface area contributed by atoms with Gasteiger partial charge in [-0.1, -0.05) is 109 Å². The van der Waals surface area contributed by atoms with E-state index in [0.717, 1.165) is 110 Å². The van der Waals surface area contributed by atoms with Crippen molar-refractivity contribution in [1.82, 2.24) is 0 Å². The summed E-state index contributed by atoms with van der Waals surface area (Å²) in [5.41, 5.74) is 16.3. The summed E-state index contributed by atoms with van der Waals surface area (Å²) in [6.07, 6.45) is 0. The molecule has 2 atom stereocenters. The lowest BCUT2D eigenvalue weighted by Gasteiger charge is -2.40. The van der Waals surface area contributed by atoms with Crippen molar-refractivity contribution < 1.29 is 13.3 Å². The van der Waals surface area contributed by atoms with Crippen LogP contribution in [-0.4, -0.2) is 11.8 Å². The largest absolute Gasteiger partial charge is 0.456 e. The number of para-hydroxylation sites is 3. The van der Waals surface area contributed by atoms with Crippen molar-refractivity contribution in [3.8, 4) is 0 Å². The molecule has 10 aromatic rings. The van der Waals surface area contributed by atoms with Gasteiger partial charge in [0.05, 0.1) is 17.2 Å². The van der Waals surface area contributed by atoms with Crippen LogP contribution in [0.5, 0.6) is 0 Å². The van der Waals surface area contributed by atoms with E-state index in [2.05, 4.69) is 154 Å². The van der Waals surface area contributed by atoms with Gasteiger partial charge in [-0.05, 0) is 91.1 Å². The smallest absolute Gasteiger partial charge is 0.144 e. The summed E-state index contributed by atoms with van der Waals surface area (Å²) in [6, 6.07) is 52.9. The van der Waals surface area contributed by atoms with Gasteiger partial charge in [0.1, 0.15) is 33.5 Å². The van der Waals surface area contributed by atoms with Gasteiger partial charge in [0.2, 0.25) is 0 Å². The van der Waals surface area contributed by atoms with Gasteiger partial charge in [-0.2, -0.15) is 0 Å². The zero-order valence-electron chi connectivity index (χ0n) is 30.7. The monoisotopic (exact) mass is 709 g/mol. The lowest BCUT2D eigenvalue weighted by Crippen LogP contribution is -2.40. The predicted molar refractivity (Wildman–Crippen MR) is 225 cm³/mol. The van der Waals surface area contributed by atoms with Gasteiger partial charge in [0, 0.05) is 43.5 Å². The van der Waals surface area contributed by atoms with Gasteiger partial charge in [0.25, 0.3) is 0 Å². The molecule has 11 rings (SSSR count). The molecule has 0 saturated heterocycles. The van der Waals surface area contributed by atoms with Crippen LogP contribution >= 0.6 is 0 Å². The molecule has 4 heterocycles. The van der Waals surface area contributed by atoms with Crippen LogP contribution in [0.3, 0.4) is 0 Å². The molecule has 0 aliphatic carbocycles. The van der Waals surface area contributed by atoms with Gasteiger partial charge >= 0.3 is 0 Å². The minimum Gasteiger partial charge on any atom is -0.456 e. The molecule has 3 aromatic heterocycles. The Morgan fingerprint density at radius 2 is 1.09 bits per heavy atom. The molecule has 1 aliphatic rings. The molecule has 0 fully saturated rings. The van der Waals surface area contributed by atoms with Crippen LogP contribution in [0, 0.1) is 0 Å². The molecule has 0 N–H and O–H groups in total. The van der Waals surface area contributed by atoms with Crippen molar-refractivity contribution in [2.45, 2.75) is 32.2 Å². The Balaban J connectivity index is 1.34. The van der Waals surface area contributed by atoms with E-state index in [0.29, 0.717) is 0 Å². The third kappa shape index (κ3) is 4.50. The Labute approximate surface area is 317 Å². The molecular weight excluding hydrogens is 675 g/mol. The normalized spacial score (nSPS) is 17.7. The van der Waals surface area contributed by atoms with E-state index in [4.69, 9.17) is 18.2 Å². The van der Waals surface area contributed by atoms with Gasteiger partial charge in [-0.15, -0.1) is 5.73 Å². The van der Waals surface area contributed by atoms with Crippen LogP contribution in [0.15, 0.2) is 181 Å². The van der Waals surface area contributed by atoms with Crippen molar-refractivity contribution >= 4 is 77.1 Å². The second-order valence-corrected chi connectivity index (χ2v) is 14.8. The highest BCUT2D eigenvalue weighted by molar-refractivity contribution is 6.21. The summed E-state index contributed by atoms with van der Waals surface area (Å²) in [4.78, 5) is 5.91. The fraction of sp³-hybridized carbons (Fsp3) is 0.0980. The average molecular weight is 710 g/mol. The van der Waals surface area contributed by atoms with Gasteiger partial charge in [0.15, 0.2) is 0 Å². The minimum atomic E-state index is -0.803. The van der Waals surface area contributed by atoms with Crippen molar-refractivity contribution in [3.63, 3.8) is 0 Å². The first-order valence-electron chi connectivity index (χ1n) is 18.9. The van der Waals surface area contributed by atoms with E-state index in [1.807, 2.05) is 24.3 Å². The quantitative estimate of drug-likeness (QED) is 0.172. The van der Waals surface area contributed by atoms with Crippen molar-refractivity contribution in [1.29, 1.82) is 0 Å².